The molecule has 0 saturated heterocycles. The van der Waals surface area contributed by atoms with Gasteiger partial charge in [-0.05, 0) is 43.7 Å². The van der Waals surface area contributed by atoms with E-state index in [2.05, 4.69) is 19.2 Å². The van der Waals surface area contributed by atoms with Gasteiger partial charge in [0.1, 0.15) is 17.3 Å². The van der Waals surface area contributed by atoms with E-state index in [0.29, 0.717) is 23.8 Å². The quantitative estimate of drug-likeness (QED) is 0.833. The molecule has 2 aromatic carbocycles. The molecule has 0 aliphatic heterocycles. The number of halogens is 1. The molecule has 0 aromatic heterocycles. The van der Waals surface area contributed by atoms with Gasteiger partial charge in [-0.1, -0.05) is 37.6 Å². The third-order valence-electron chi connectivity index (χ3n) is 3.18. The van der Waals surface area contributed by atoms with E-state index in [1.54, 1.807) is 12.1 Å². The molecule has 0 aliphatic rings. The Labute approximate surface area is 126 Å². The zero-order valence-corrected chi connectivity index (χ0v) is 12.8. The number of benzene rings is 2. The molecule has 21 heavy (non-hydrogen) atoms. The van der Waals surface area contributed by atoms with E-state index in [1.807, 2.05) is 31.2 Å². The first kappa shape index (κ1) is 15.5. The Hall–Kier alpha value is -1.87. The Morgan fingerprint density at radius 2 is 1.81 bits per heavy atom. The maximum atomic E-state index is 14.0. The van der Waals surface area contributed by atoms with Crippen molar-refractivity contribution in [1.82, 2.24) is 5.32 Å². The maximum Gasteiger partial charge on any atom is 0.134 e. The number of nitrogens with one attached hydrogen (secondary N) is 1. The van der Waals surface area contributed by atoms with Gasteiger partial charge in [0.05, 0.1) is 0 Å². The molecule has 0 heterocycles. The average molecular weight is 287 g/mol. The van der Waals surface area contributed by atoms with Crippen molar-refractivity contribution in [2.24, 2.45) is 5.92 Å². The van der Waals surface area contributed by atoms with Gasteiger partial charge in [-0.3, -0.25) is 0 Å². The van der Waals surface area contributed by atoms with Crippen molar-refractivity contribution in [2.45, 2.75) is 27.3 Å². The van der Waals surface area contributed by atoms with Crippen LogP contribution in [0.15, 0.2) is 42.5 Å². The molecular formula is C18H22FNO. The Morgan fingerprint density at radius 1 is 1.10 bits per heavy atom. The summed E-state index contributed by atoms with van der Waals surface area (Å²) in [6.45, 7) is 7.58. The number of aryl methyl sites for hydroxylation is 1. The first-order valence-corrected chi connectivity index (χ1v) is 7.29. The van der Waals surface area contributed by atoms with Crippen LogP contribution in [0.25, 0.3) is 0 Å². The molecule has 3 heteroatoms. The fourth-order valence-electron chi connectivity index (χ4n) is 2.03. The second kappa shape index (κ2) is 7.23. The molecule has 0 bridgehead atoms. The summed E-state index contributed by atoms with van der Waals surface area (Å²) in [7, 11) is 0. The summed E-state index contributed by atoms with van der Waals surface area (Å²) in [6.07, 6.45) is 0. The van der Waals surface area contributed by atoms with E-state index in [-0.39, 0.29) is 5.82 Å². The Morgan fingerprint density at radius 3 is 2.48 bits per heavy atom. The van der Waals surface area contributed by atoms with Crippen LogP contribution in [0.1, 0.15) is 25.0 Å². The van der Waals surface area contributed by atoms with Crippen molar-refractivity contribution < 1.29 is 9.13 Å². The monoisotopic (exact) mass is 287 g/mol. The van der Waals surface area contributed by atoms with Crippen molar-refractivity contribution in [3.05, 3.63) is 59.4 Å². The summed E-state index contributed by atoms with van der Waals surface area (Å²) in [5.74, 6) is 1.57. The number of ether oxygens (including phenoxy) is 1. The summed E-state index contributed by atoms with van der Waals surface area (Å²) in [5, 5.41) is 3.26. The second-order valence-electron chi connectivity index (χ2n) is 5.66. The highest BCUT2D eigenvalue weighted by molar-refractivity contribution is 5.39. The fraction of sp³-hybridized carbons (Fsp3) is 0.333. The van der Waals surface area contributed by atoms with E-state index in [4.69, 9.17) is 4.74 Å². The lowest BCUT2D eigenvalue weighted by Crippen LogP contribution is -2.20. The molecule has 0 spiro atoms. The number of hydrogen-bond donors (Lipinski definition) is 1. The lowest BCUT2D eigenvalue weighted by Gasteiger charge is -2.14. The van der Waals surface area contributed by atoms with Crippen LogP contribution in [0, 0.1) is 18.7 Å². The smallest absolute Gasteiger partial charge is 0.134 e. The Balaban J connectivity index is 2.14. The Bertz CT molecular complexity index is 578. The highest BCUT2D eigenvalue weighted by Crippen LogP contribution is 2.27. The van der Waals surface area contributed by atoms with Crippen molar-refractivity contribution in [3.8, 4) is 11.5 Å². The van der Waals surface area contributed by atoms with Crippen molar-refractivity contribution in [3.63, 3.8) is 0 Å². The van der Waals surface area contributed by atoms with Gasteiger partial charge in [0.15, 0.2) is 0 Å². The van der Waals surface area contributed by atoms with Crippen molar-refractivity contribution in [2.75, 3.05) is 6.54 Å². The summed E-state index contributed by atoms with van der Waals surface area (Å²) < 4.78 is 19.8. The Kier molecular flexibility index (Phi) is 5.34. The predicted molar refractivity (Wildman–Crippen MR) is 84.2 cm³/mol. The van der Waals surface area contributed by atoms with Gasteiger partial charge in [-0.25, -0.2) is 4.39 Å². The highest BCUT2D eigenvalue weighted by atomic mass is 19.1. The summed E-state index contributed by atoms with van der Waals surface area (Å²) in [5.41, 5.74) is 1.74. The van der Waals surface area contributed by atoms with Gasteiger partial charge >= 0.3 is 0 Å². The van der Waals surface area contributed by atoms with Crippen LogP contribution in [0.3, 0.4) is 0 Å². The second-order valence-corrected chi connectivity index (χ2v) is 5.66. The third kappa shape index (κ3) is 4.57. The minimum absolute atomic E-state index is 0.240. The molecular weight excluding hydrogens is 265 g/mol. The molecule has 2 rings (SSSR count). The number of hydrogen-bond acceptors (Lipinski definition) is 2. The molecule has 0 saturated carbocycles. The van der Waals surface area contributed by atoms with E-state index in [1.165, 1.54) is 11.6 Å². The molecule has 0 unspecified atom stereocenters. The van der Waals surface area contributed by atoms with E-state index < -0.39 is 0 Å². The largest absolute Gasteiger partial charge is 0.457 e. The summed E-state index contributed by atoms with van der Waals surface area (Å²) >= 11 is 0. The van der Waals surface area contributed by atoms with E-state index in [0.717, 1.165) is 12.3 Å². The standard InChI is InChI=1S/C18H22FNO/c1-13(2)11-20-12-16-17(19)5-4-6-18(16)21-15-9-7-14(3)8-10-15/h4-10,13,20H,11-12H2,1-3H3. The lowest BCUT2D eigenvalue weighted by atomic mass is 10.1. The molecule has 2 nitrogen and oxygen atoms in total. The van der Waals surface area contributed by atoms with Crippen LogP contribution in [0.2, 0.25) is 0 Å². The van der Waals surface area contributed by atoms with Crippen LogP contribution in [-0.4, -0.2) is 6.54 Å². The molecule has 1 N–H and O–H groups in total. The fourth-order valence-corrected chi connectivity index (χ4v) is 2.03. The molecule has 0 radical (unpaired) electrons. The normalized spacial score (nSPS) is 10.9. The average Bonchev–Trinajstić information content (AvgIpc) is 2.44. The topological polar surface area (TPSA) is 21.3 Å². The van der Waals surface area contributed by atoms with E-state index >= 15 is 0 Å². The van der Waals surface area contributed by atoms with Gasteiger partial charge in [-0.2, -0.15) is 0 Å². The van der Waals surface area contributed by atoms with Gasteiger partial charge < -0.3 is 10.1 Å². The van der Waals surface area contributed by atoms with Gasteiger partial charge in [0.2, 0.25) is 0 Å². The maximum absolute atomic E-state index is 14.0. The van der Waals surface area contributed by atoms with Gasteiger partial charge in [-0.15, -0.1) is 0 Å². The van der Waals surface area contributed by atoms with Crippen LogP contribution in [-0.2, 0) is 6.54 Å². The minimum Gasteiger partial charge on any atom is -0.457 e. The SMILES string of the molecule is Cc1ccc(Oc2cccc(F)c2CNCC(C)C)cc1. The third-order valence-corrected chi connectivity index (χ3v) is 3.18. The molecule has 0 fully saturated rings. The zero-order valence-electron chi connectivity index (χ0n) is 12.8. The lowest BCUT2D eigenvalue weighted by molar-refractivity contribution is 0.457. The summed E-state index contributed by atoms with van der Waals surface area (Å²) in [4.78, 5) is 0. The predicted octanol–water partition coefficient (Wildman–Crippen LogP) is 4.67. The minimum atomic E-state index is -0.240. The zero-order chi connectivity index (χ0) is 15.2. The van der Waals surface area contributed by atoms with Gasteiger partial charge in [0.25, 0.3) is 0 Å². The first-order chi connectivity index (χ1) is 10.1. The van der Waals surface area contributed by atoms with Crippen molar-refractivity contribution >= 4 is 0 Å². The van der Waals surface area contributed by atoms with Gasteiger partial charge in [0, 0.05) is 12.1 Å². The highest BCUT2D eigenvalue weighted by Gasteiger charge is 2.10. The summed E-state index contributed by atoms with van der Waals surface area (Å²) in [6, 6.07) is 12.7. The number of rotatable bonds is 6. The molecule has 0 aliphatic carbocycles. The first-order valence-electron chi connectivity index (χ1n) is 7.29. The van der Waals surface area contributed by atoms with E-state index in [9.17, 15) is 4.39 Å². The molecule has 0 amide bonds. The van der Waals surface area contributed by atoms with Crippen LogP contribution in [0.5, 0.6) is 11.5 Å². The van der Waals surface area contributed by atoms with Crippen molar-refractivity contribution in [1.29, 1.82) is 0 Å². The molecule has 2 aromatic rings. The molecule has 0 atom stereocenters. The van der Waals surface area contributed by atoms with Crippen LogP contribution in [0.4, 0.5) is 4.39 Å². The van der Waals surface area contributed by atoms with Crippen LogP contribution >= 0.6 is 0 Å². The molecule has 112 valence electrons. The van der Waals surface area contributed by atoms with Crippen LogP contribution < -0.4 is 10.1 Å².